The molecule has 0 spiro atoms. The highest BCUT2D eigenvalue weighted by atomic mass is 35.5. The van der Waals surface area contributed by atoms with Gasteiger partial charge in [0.15, 0.2) is 0 Å². The van der Waals surface area contributed by atoms with Gasteiger partial charge in [0.2, 0.25) is 0 Å². The first kappa shape index (κ1) is 24.3. The number of barbiturate groups is 1. The Balaban J connectivity index is 1.53. The van der Waals surface area contributed by atoms with Crippen molar-refractivity contribution in [2.24, 2.45) is 0 Å². The lowest BCUT2D eigenvalue weighted by Gasteiger charge is -2.26. The standard InChI is InChI=1S/C27H26ClN3O4/c1-3-18(2)19-10-12-20(13-11-19)31-26(33)22(25(32)29-27(31)34)17-21-7-6-14-30(21)15-16-35-24-9-5-4-8-23(24)28/h4-14,17-18H,3,15-16H2,1-2H3,(H,29,32,34)/b22-17+. The first-order valence-electron chi connectivity index (χ1n) is 11.4. The molecular formula is C27H26ClN3O4. The smallest absolute Gasteiger partial charge is 0.335 e. The van der Waals surface area contributed by atoms with E-state index in [1.807, 2.05) is 41.1 Å². The third kappa shape index (κ3) is 5.30. The van der Waals surface area contributed by atoms with E-state index >= 15 is 0 Å². The number of nitrogens with one attached hydrogen (secondary N) is 1. The number of imide groups is 2. The number of hydrogen-bond acceptors (Lipinski definition) is 4. The topological polar surface area (TPSA) is 80.6 Å². The predicted molar refractivity (Wildman–Crippen MR) is 136 cm³/mol. The van der Waals surface area contributed by atoms with E-state index in [1.165, 1.54) is 6.08 Å². The van der Waals surface area contributed by atoms with Crippen molar-refractivity contribution in [2.75, 3.05) is 11.5 Å². The summed E-state index contributed by atoms with van der Waals surface area (Å²) in [7, 11) is 0. The highest BCUT2D eigenvalue weighted by Crippen LogP contribution is 2.26. The molecule has 1 N–H and O–H groups in total. The molecule has 1 aliphatic rings. The van der Waals surface area contributed by atoms with Crippen LogP contribution in [0, 0.1) is 0 Å². The number of para-hydroxylation sites is 1. The van der Waals surface area contributed by atoms with Gasteiger partial charge in [0, 0.05) is 11.9 Å². The van der Waals surface area contributed by atoms with Crippen LogP contribution in [0.25, 0.3) is 6.08 Å². The van der Waals surface area contributed by atoms with Crippen LogP contribution in [0.1, 0.15) is 37.4 Å². The normalized spacial score (nSPS) is 15.9. The van der Waals surface area contributed by atoms with Gasteiger partial charge in [-0.2, -0.15) is 0 Å². The number of rotatable bonds is 8. The minimum Gasteiger partial charge on any atom is -0.490 e. The van der Waals surface area contributed by atoms with Crippen LogP contribution in [0.5, 0.6) is 5.75 Å². The Bertz CT molecular complexity index is 1280. The van der Waals surface area contributed by atoms with Crippen LogP contribution < -0.4 is 15.0 Å². The van der Waals surface area contributed by atoms with Crippen molar-refractivity contribution in [3.8, 4) is 5.75 Å². The van der Waals surface area contributed by atoms with Crippen LogP contribution in [0.3, 0.4) is 0 Å². The summed E-state index contributed by atoms with van der Waals surface area (Å²) < 4.78 is 7.60. The Morgan fingerprint density at radius 1 is 1.03 bits per heavy atom. The van der Waals surface area contributed by atoms with Crippen LogP contribution in [0.2, 0.25) is 5.02 Å². The molecule has 180 valence electrons. The average molecular weight is 492 g/mol. The molecule has 3 aromatic rings. The van der Waals surface area contributed by atoms with Crippen LogP contribution >= 0.6 is 11.6 Å². The number of amides is 4. The van der Waals surface area contributed by atoms with Gasteiger partial charge in [0.25, 0.3) is 11.8 Å². The molecule has 35 heavy (non-hydrogen) atoms. The summed E-state index contributed by atoms with van der Waals surface area (Å²) in [5.74, 6) is -0.458. The zero-order chi connectivity index (χ0) is 24.9. The zero-order valence-corrected chi connectivity index (χ0v) is 20.3. The van der Waals surface area contributed by atoms with Gasteiger partial charge in [0.1, 0.15) is 17.9 Å². The summed E-state index contributed by atoms with van der Waals surface area (Å²) in [5.41, 5.74) is 2.03. The number of carbonyl (C=O) groups is 3. The highest BCUT2D eigenvalue weighted by molar-refractivity contribution is 6.39. The van der Waals surface area contributed by atoms with E-state index in [0.29, 0.717) is 41.2 Å². The molecule has 1 aromatic heterocycles. The van der Waals surface area contributed by atoms with Crippen molar-refractivity contribution >= 4 is 41.2 Å². The Hall–Kier alpha value is -3.84. The second-order valence-electron chi connectivity index (χ2n) is 8.26. The molecule has 7 nitrogen and oxygen atoms in total. The predicted octanol–water partition coefficient (Wildman–Crippen LogP) is 5.40. The number of urea groups is 1. The Morgan fingerprint density at radius 3 is 2.49 bits per heavy atom. The van der Waals surface area contributed by atoms with Crippen molar-refractivity contribution in [1.29, 1.82) is 0 Å². The summed E-state index contributed by atoms with van der Waals surface area (Å²) in [6.07, 6.45) is 4.29. The molecule has 4 amide bonds. The number of halogens is 1. The van der Waals surface area contributed by atoms with Crippen molar-refractivity contribution in [1.82, 2.24) is 9.88 Å². The average Bonchev–Trinajstić information content (AvgIpc) is 3.29. The molecule has 4 rings (SSSR count). The SMILES string of the molecule is CCC(C)c1ccc(N2C(=O)NC(=O)/C(=C\c3cccn3CCOc3ccccc3Cl)C2=O)cc1. The number of benzene rings is 2. The van der Waals surface area contributed by atoms with Gasteiger partial charge in [-0.15, -0.1) is 0 Å². The fourth-order valence-corrected chi connectivity index (χ4v) is 4.00. The fraction of sp³-hybridized carbons (Fsp3) is 0.222. The first-order chi connectivity index (χ1) is 16.9. The van der Waals surface area contributed by atoms with Gasteiger partial charge in [-0.3, -0.25) is 14.9 Å². The van der Waals surface area contributed by atoms with Gasteiger partial charge in [-0.1, -0.05) is 49.7 Å². The van der Waals surface area contributed by atoms with E-state index in [4.69, 9.17) is 16.3 Å². The molecule has 0 saturated carbocycles. The quantitative estimate of drug-likeness (QED) is 0.338. The second-order valence-corrected chi connectivity index (χ2v) is 8.67. The van der Waals surface area contributed by atoms with Crippen LogP contribution in [0.15, 0.2) is 72.4 Å². The summed E-state index contributed by atoms with van der Waals surface area (Å²) in [6, 6.07) is 17.3. The molecule has 1 fully saturated rings. The maximum absolute atomic E-state index is 13.2. The van der Waals surface area contributed by atoms with E-state index < -0.39 is 17.8 Å². The number of nitrogens with zero attached hydrogens (tertiary/aromatic N) is 2. The van der Waals surface area contributed by atoms with Crippen LogP contribution in [-0.2, 0) is 16.1 Å². The summed E-state index contributed by atoms with van der Waals surface area (Å²) in [5, 5.41) is 2.79. The molecule has 0 aliphatic carbocycles. The van der Waals surface area contributed by atoms with Crippen LogP contribution in [-0.4, -0.2) is 29.0 Å². The summed E-state index contributed by atoms with van der Waals surface area (Å²) >= 11 is 6.13. The van der Waals surface area contributed by atoms with Crippen molar-refractivity contribution in [3.05, 3.63) is 88.7 Å². The minimum atomic E-state index is -0.767. The minimum absolute atomic E-state index is 0.123. The molecule has 1 atom stereocenters. The monoisotopic (exact) mass is 491 g/mol. The van der Waals surface area contributed by atoms with E-state index in [0.717, 1.165) is 16.9 Å². The molecule has 8 heteroatoms. The third-order valence-electron chi connectivity index (χ3n) is 6.02. The molecule has 2 heterocycles. The maximum atomic E-state index is 13.2. The van der Waals surface area contributed by atoms with Gasteiger partial charge >= 0.3 is 6.03 Å². The highest BCUT2D eigenvalue weighted by Gasteiger charge is 2.37. The second kappa shape index (κ2) is 10.6. The van der Waals surface area contributed by atoms with Gasteiger partial charge < -0.3 is 9.30 Å². The number of carbonyl (C=O) groups excluding carboxylic acids is 3. The molecule has 1 aliphatic heterocycles. The molecule has 2 aromatic carbocycles. The number of anilines is 1. The molecular weight excluding hydrogens is 466 g/mol. The fourth-order valence-electron chi connectivity index (χ4n) is 3.81. The van der Waals surface area contributed by atoms with Gasteiger partial charge in [0.05, 0.1) is 17.3 Å². The van der Waals surface area contributed by atoms with E-state index in [-0.39, 0.29) is 5.57 Å². The Labute approximate surface area is 208 Å². The van der Waals surface area contributed by atoms with E-state index in [9.17, 15) is 14.4 Å². The van der Waals surface area contributed by atoms with Crippen LogP contribution in [0.4, 0.5) is 10.5 Å². The molecule has 0 radical (unpaired) electrons. The lowest BCUT2D eigenvalue weighted by molar-refractivity contribution is -0.122. The largest absolute Gasteiger partial charge is 0.490 e. The molecule has 1 unspecified atom stereocenters. The van der Waals surface area contributed by atoms with E-state index in [2.05, 4.69) is 19.2 Å². The summed E-state index contributed by atoms with van der Waals surface area (Å²) in [4.78, 5) is 39.3. The number of aromatic nitrogens is 1. The van der Waals surface area contributed by atoms with Gasteiger partial charge in [-0.25, -0.2) is 9.69 Å². The van der Waals surface area contributed by atoms with Gasteiger partial charge in [-0.05, 0) is 60.4 Å². The number of hydrogen-bond donors (Lipinski definition) is 1. The zero-order valence-electron chi connectivity index (χ0n) is 19.5. The Morgan fingerprint density at radius 2 is 1.77 bits per heavy atom. The maximum Gasteiger partial charge on any atom is 0.335 e. The lowest BCUT2D eigenvalue weighted by atomic mass is 9.98. The Kier molecular flexibility index (Phi) is 7.36. The molecule has 0 bridgehead atoms. The number of ether oxygens (including phenoxy) is 1. The van der Waals surface area contributed by atoms with Crippen molar-refractivity contribution in [2.45, 2.75) is 32.7 Å². The van der Waals surface area contributed by atoms with Crippen molar-refractivity contribution in [3.63, 3.8) is 0 Å². The summed E-state index contributed by atoms with van der Waals surface area (Å²) in [6.45, 7) is 5.01. The van der Waals surface area contributed by atoms with Crippen molar-refractivity contribution < 1.29 is 19.1 Å². The first-order valence-corrected chi connectivity index (χ1v) is 11.8. The van der Waals surface area contributed by atoms with E-state index in [1.54, 1.807) is 30.3 Å². The lowest BCUT2D eigenvalue weighted by Crippen LogP contribution is -2.54. The third-order valence-corrected chi connectivity index (χ3v) is 6.33. The molecule has 1 saturated heterocycles.